The van der Waals surface area contributed by atoms with E-state index in [2.05, 4.69) is 5.32 Å². The van der Waals surface area contributed by atoms with E-state index in [-0.39, 0.29) is 11.9 Å². The third-order valence-corrected chi connectivity index (χ3v) is 3.43. The third-order valence-electron chi connectivity index (χ3n) is 2.49. The summed E-state index contributed by atoms with van der Waals surface area (Å²) in [6, 6.07) is 5.75. The molecule has 0 aliphatic heterocycles. The van der Waals surface area contributed by atoms with E-state index in [4.69, 9.17) is 10.2 Å². The number of hydrogen-bond acceptors (Lipinski definition) is 4. The van der Waals surface area contributed by atoms with Crippen molar-refractivity contribution in [3.63, 3.8) is 0 Å². The van der Waals surface area contributed by atoms with Gasteiger partial charge in [0.05, 0.1) is 17.9 Å². The molecule has 0 saturated heterocycles. The zero-order chi connectivity index (χ0) is 12.3. The van der Waals surface area contributed by atoms with Crippen molar-refractivity contribution >= 4 is 17.2 Å². The van der Waals surface area contributed by atoms with Crippen LogP contribution in [-0.4, -0.2) is 5.91 Å². The summed E-state index contributed by atoms with van der Waals surface area (Å²) in [5, 5.41) is 5.09. The molecule has 90 valence electrons. The second-order valence-electron chi connectivity index (χ2n) is 3.78. The highest BCUT2D eigenvalue weighted by Gasteiger charge is 2.09. The minimum atomic E-state index is -0.383. The van der Waals surface area contributed by atoms with Gasteiger partial charge in [0.15, 0.2) is 0 Å². The molecule has 1 atom stereocenters. The lowest BCUT2D eigenvalue weighted by atomic mass is 10.2. The number of thiophene rings is 1. The Balaban J connectivity index is 1.91. The van der Waals surface area contributed by atoms with Gasteiger partial charge in [-0.25, -0.2) is 0 Å². The molecule has 1 amide bonds. The zero-order valence-corrected chi connectivity index (χ0v) is 10.3. The van der Waals surface area contributed by atoms with E-state index < -0.39 is 0 Å². The number of carbonyl (C=O) groups is 1. The molecule has 2 aromatic rings. The quantitative estimate of drug-likeness (QED) is 0.855. The minimum Gasteiger partial charge on any atom is -0.468 e. The highest BCUT2D eigenvalue weighted by Crippen LogP contribution is 2.17. The van der Waals surface area contributed by atoms with Crippen molar-refractivity contribution in [1.29, 1.82) is 0 Å². The van der Waals surface area contributed by atoms with Crippen LogP contribution in [0.15, 0.2) is 34.3 Å². The van der Waals surface area contributed by atoms with E-state index in [0.29, 0.717) is 12.1 Å². The van der Waals surface area contributed by atoms with Crippen molar-refractivity contribution in [3.05, 3.63) is 46.0 Å². The first-order chi connectivity index (χ1) is 8.16. The molecule has 4 nitrogen and oxygen atoms in total. The molecule has 0 saturated carbocycles. The summed E-state index contributed by atoms with van der Waals surface area (Å²) in [6.07, 6.45) is 1.66. The first kappa shape index (κ1) is 11.9. The van der Waals surface area contributed by atoms with Crippen LogP contribution in [0, 0.1) is 0 Å². The Morgan fingerprint density at radius 3 is 3.06 bits per heavy atom. The highest BCUT2D eigenvalue weighted by atomic mass is 32.1. The van der Waals surface area contributed by atoms with Crippen LogP contribution < -0.4 is 11.1 Å². The van der Waals surface area contributed by atoms with E-state index in [1.807, 2.05) is 25.1 Å². The van der Waals surface area contributed by atoms with Crippen LogP contribution in [0.3, 0.4) is 0 Å². The lowest BCUT2D eigenvalue weighted by molar-refractivity contribution is 0.100. The largest absolute Gasteiger partial charge is 0.468 e. The van der Waals surface area contributed by atoms with Gasteiger partial charge in [-0.1, -0.05) is 0 Å². The van der Waals surface area contributed by atoms with Gasteiger partial charge >= 0.3 is 0 Å². The van der Waals surface area contributed by atoms with Crippen LogP contribution in [0.2, 0.25) is 0 Å². The fourth-order valence-electron chi connectivity index (χ4n) is 1.49. The number of primary amides is 1. The average molecular weight is 250 g/mol. The van der Waals surface area contributed by atoms with Crippen LogP contribution in [0.1, 0.15) is 34.0 Å². The van der Waals surface area contributed by atoms with Crippen molar-refractivity contribution in [2.45, 2.75) is 19.5 Å². The predicted molar refractivity (Wildman–Crippen MR) is 66.8 cm³/mol. The average Bonchev–Trinajstić information content (AvgIpc) is 2.97. The molecule has 2 aromatic heterocycles. The Labute approximate surface area is 103 Å². The smallest absolute Gasteiger partial charge is 0.249 e. The number of nitrogens with two attached hydrogens (primary N) is 1. The van der Waals surface area contributed by atoms with Crippen molar-refractivity contribution < 1.29 is 9.21 Å². The van der Waals surface area contributed by atoms with Gasteiger partial charge in [-0.15, -0.1) is 11.3 Å². The third kappa shape index (κ3) is 2.95. The Hall–Kier alpha value is -1.59. The molecule has 1 unspecified atom stereocenters. The van der Waals surface area contributed by atoms with E-state index in [0.717, 1.165) is 10.6 Å². The molecule has 0 bridgehead atoms. The highest BCUT2D eigenvalue weighted by molar-refractivity contribution is 7.10. The van der Waals surface area contributed by atoms with Gasteiger partial charge in [0.25, 0.3) is 0 Å². The first-order valence-corrected chi connectivity index (χ1v) is 6.19. The second-order valence-corrected chi connectivity index (χ2v) is 4.78. The van der Waals surface area contributed by atoms with Gasteiger partial charge in [0.1, 0.15) is 5.76 Å². The standard InChI is InChI=1S/C12H14N2O2S/c1-8(11-3-2-4-16-11)14-6-10-5-9(7-17-10)12(13)15/h2-5,7-8,14H,6H2,1H3,(H2,13,15). The molecule has 0 spiro atoms. The maximum Gasteiger partial charge on any atom is 0.249 e. The minimum absolute atomic E-state index is 0.143. The van der Waals surface area contributed by atoms with Crippen LogP contribution in [-0.2, 0) is 6.54 Å². The van der Waals surface area contributed by atoms with Crippen LogP contribution in [0.4, 0.5) is 0 Å². The summed E-state index contributed by atoms with van der Waals surface area (Å²) < 4.78 is 5.29. The summed E-state index contributed by atoms with van der Waals surface area (Å²) in [5.74, 6) is 0.517. The van der Waals surface area contributed by atoms with Gasteiger partial charge in [0, 0.05) is 16.8 Å². The number of nitrogens with one attached hydrogen (secondary N) is 1. The van der Waals surface area contributed by atoms with Gasteiger partial charge in [-0.2, -0.15) is 0 Å². The van der Waals surface area contributed by atoms with Crippen molar-refractivity contribution in [3.8, 4) is 0 Å². The molecule has 0 aliphatic rings. The van der Waals surface area contributed by atoms with Crippen molar-refractivity contribution in [2.24, 2.45) is 5.73 Å². The Morgan fingerprint density at radius 2 is 2.47 bits per heavy atom. The summed E-state index contributed by atoms with van der Waals surface area (Å²) >= 11 is 1.52. The van der Waals surface area contributed by atoms with Gasteiger partial charge in [-0.05, 0) is 25.1 Å². The Morgan fingerprint density at radius 1 is 1.65 bits per heavy atom. The van der Waals surface area contributed by atoms with Crippen LogP contribution in [0.5, 0.6) is 0 Å². The molecule has 0 fully saturated rings. The molecule has 17 heavy (non-hydrogen) atoms. The van der Waals surface area contributed by atoms with E-state index in [9.17, 15) is 4.79 Å². The molecular formula is C12H14N2O2S. The molecule has 0 aliphatic carbocycles. The fraction of sp³-hybridized carbons (Fsp3) is 0.250. The molecule has 2 rings (SSSR count). The monoisotopic (exact) mass is 250 g/mol. The van der Waals surface area contributed by atoms with E-state index in [1.54, 1.807) is 11.6 Å². The molecule has 2 heterocycles. The molecule has 0 radical (unpaired) electrons. The first-order valence-electron chi connectivity index (χ1n) is 5.31. The molecule has 5 heteroatoms. The SMILES string of the molecule is CC(NCc1cc(C(N)=O)cs1)c1ccco1. The zero-order valence-electron chi connectivity index (χ0n) is 9.47. The Kier molecular flexibility index (Phi) is 3.61. The van der Waals surface area contributed by atoms with Crippen LogP contribution >= 0.6 is 11.3 Å². The number of hydrogen-bond donors (Lipinski definition) is 2. The summed E-state index contributed by atoms with van der Waals surface area (Å²) in [4.78, 5) is 12.0. The molecule has 3 N–H and O–H groups in total. The van der Waals surface area contributed by atoms with E-state index >= 15 is 0 Å². The molecular weight excluding hydrogens is 236 g/mol. The number of rotatable bonds is 5. The summed E-state index contributed by atoms with van der Waals surface area (Å²) in [7, 11) is 0. The maximum absolute atomic E-state index is 10.9. The topological polar surface area (TPSA) is 68.3 Å². The summed E-state index contributed by atoms with van der Waals surface area (Å²) in [6.45, 7) is 2.72. The Bertz CT molecular complexity index is 490. The van der Waals surface area contributed by atoms with Gasteiger partial charge in [-0.3, -0.25) is 4.79 Å². The van der Waals surface area contributed by atoms with E-state index in [1.165, 1.54) is 11.3 Å². The van der Waals surface area contributed by atoms with Gasteiger partial charge in [0.2, 0.25) is 5.91 Å². The van der Waals surface area contributed by atoms with Crippen LogP contribution in [0.25, 0.3) is 0 Å². The number of carbonyl (C=O) groups excluding carboxylic acids is 1. The molecule has 0 aromatic carbocycles. The predicted octanol–water partition coefficient (Wildman–Crippen LogP) is 2.29. The number of furan rings is 1. The maximum atomic E-state index is 10.9. The normalized spacial score (nSPS) is 12.5. The fourth-order valence-corrected chi connectivity index (χ4v) is 2.32. The van der Waals surface area contributed by atoms with Crippen molar-refractivity contribution in [1.82, 2.24) is 5.32 Å². The van der Waals surface area contributed by atoms with Gasteiger partial charge < -0.3 is 15.5 Å². The summed E-state index contributed by atoms with van der Waals surface area (Å²) in [5.41, 5.74) is 5.76. The lowest BCUT2D eigenvalue weighted by Gasteiger charge is -2.09. The number of amides is 1. The van der Waals surface area contributed by atoms with Crippen molar-refractivity contribution in [2.75, 3.05) is 0 Å². The lowest BCUT2D eigenvalue weighted by Crippen LogP contribution is -2.17. The second kappa shape index (κ2) is 5.16.